The van der Waals surface area contributed by atoms with Crippen LogP contribution in [-0.4, -0.2) is 36.5 Å². The Kier molecular flexibility index (Phi) is 6.59. The van der Waals surface area contributed by atoms with E-state index in [0.29, 0.717) is 5.56 Å². The number of esters is 1. The number of nitrogens with one attached hydrogen (secondary N) is 1. The molecule has 3 amide bonds. The SMILES string of the molecule is COC(=O)COc1c(Cl)cc(/C=C2/NC(=O)N(Cc3ccccc3F)C2=O)cc1Cl. The van der Waals surface area contributed by atoms with Gasteiger partial charge >= 0.3 is 12.0 Å². The third kappa shape index (κ3) is 4.72. The molecule has 7 nitrogen and oxygen atoms in total. The summed E-state index contributed by atoms with van der Waals surface area (Å²) in [7, 11) is 1.21. The highest BCUT2D eigenvalue weighted by Crippen LogP contribution is 2.35. The lowest BCUT2D eigenvalue weighted by molar-refractivity contribution is -0.142. The number of benzene rings is 2. The lowest BCUT2D eigenvalue weighted by Gasteiger charge is -2.12. The molecule has 3 rings (SSSR count). The first-order valence-corrected chi connectivity index (χ1v) is 9.32. The fraction of sp³-hybridized carbons (Fsp3) is 0.150. The van der Waals surface area contributed by atoms with Crippen LogP contribution in [0.1, 0.15) is 11.1 Å². The third-order valence-electron chi connectivity index (χ3n) is 4.14. The molecular weight excluding hydrogens is 438 g/mol. The summed E-state index contributed by atoms with van der Waals surface area (Å²) in [5, 5.41) is 2.63. The average Bonchev–Trinajstić information content (AvgIpc) is 2.96. The normalized spacial score (nSPS) is 14.8. The largest absolute Gasteiger partial charge is 0.479 e. The highest BCUT2D eigenvalue weighted by molar-refractivity contribution is 6.37. The van der Waals surface area contributed by atoms with Gasteiger partial charge < -0.3 is 14.8 Å². The number of urea groups is 1. The number of carbonyl (C=O) groups is 3. The predicted molar refractivity (Wildman–Crippen MR) is 107 cm³/mol. The van der Waals surface area contributed by atoms with Crippen molar-refractivity contribution < 1.29 is 28.2 Å². The first-order chi connectivity index (χ1) is 14.3. The number of carbonyl (C=O) groups excluding carboxylic acids is 3. The van der Waals surface area contributed by atoms with Crippen molar-refractivity contribution in [3.63, 3.8) is 0 Å². The van der Waals surface area contributed by atoms with Gasteiger partial charge in [0.25, 0.3) is 5.91 Å². The molecule has 1 heterocycles. The molecule has 156 valence electrons. The molecule has 0 unspecified atom stereocenters. The topological polar surface area (TPSA) is 84.9 Å². The van der Waals surface area contributed by atoms with Crippen LogP contribution in [0.5, 0.6) is 5.75 Å². The molecule has 1 saturated heterocycles. The van der Waals surface area contributed by atoms with Crippen molar-refractivity contribution in [2.45, 2.75) is 6.54 Å². The fourth-order valence-electron chi connectivity index (χ4n) is 2.67. The van der Waals surface area contributed by atoms with E-state index in [4.69, 9.17) is 27.9 Å². The van der Waals surface area contributed by atoms with E-state index in [1.54, 1.807) is 6.07 Å². The van der Waals surface area contributed by atoms with E-state index in [-0.39, 0.29) is 40.2 Å². The Balaban J connectivity index is 1.80. The number of ether oxygens (including phenoxy) is 2. The van der Waals surface area contributed by atoms with Crippen LogP contribution in [0, 0.1) is 5.82 Å². The van der Waals surface area contributed by atoms with Gasteiger partial charge in [0.1, 0.15) is 11.5 Å². The third-order valence-corrected chi connectivity index (χ3v) is 4.70. The van der Waals surface area contributed by atoms with Crippen LogP contribution in [0.3, 0.4) is 0 Å². The van der Waals surface area contributed by atoms with Gasteiger partial charge in [0.2, 0.25) is 0 Å². The van der Waals surface area contributed by atoms with Gasteiger partial charge in [-0.1, -0.05) is 41.4 Å². The van der Waals surface area contributed by atoms with Crippen LogP contribution < -0.4 is 10.1 Å². The van der Waals surface area contributed by atoms with Gasteiger partial charge in [-0.15, -0.1) is 0 Å². The number of rotatable bonds is 6. The molecule has 10 heteroatoms. The van der Waals surface area contributed by atoms with E-state index < -0.39 is 23.7 Å². The summed E-state index contributed by atoms with van der Waals surface area (Å²) in [6, 6.07) is 8.09. The molecule has 0 aliphatic carbocycles. The van der Waals surface area contributed by atoms with E-state index in [2.05, 4.69) is 10.1 Å². The smallest absolute Gasteiger partial charge is 0.343 e. The maximum atomic E-state index is 13.8. The zero-order valence-corrected chi connectivity index (χ0v) is 17.1. The minimum Gasteiger partial charge on any atom is -0.479 e. The zero-order valence-electron chi connectivity index (χ0n) is 15.6. The van der Waals surface area contributed by atoms with Crippen LogP contribution in [0.15, 0.2) is 42.1 Å². The molecule has 30 heavy (non-hydrogen) atoms. The number of hydrogen-bond donors (Lipinski definition) is 1. The van der Waals surface area contributed by atoms with Crippen molar-refractivity contribution in [3.05, 3.63) is 69.1 Å². The summed E-state index contributed by atoms with van der Waals surface area (Å²) in [4.78, 5) is 36.9. The van der Waals surface area contributed by atoms with Gasteiger partial charge in [-0.05, 0) is 29.8 Å². The Morgan fingerprint density at radius 2 is 1.87 bits per heavy atom. The molecule has 2 aromatic rings. The second-order valence-electron chi connectivity index (χ2n) is 6.15. The van der Waals surface area contributed by atoms with E-state index >= 15 is 0 Å². The molecule has 0 bridgehead atoms. The van der Waals surface area contributed by atoms with E-state index in [1.165, 1.54) is 43.5 Å². The number of methoxy groups -OCH3 is 1. The Morgan fingerprint density at radius 1 is 1.20 bits per heavy atom. The van der Waals surface area contributed by atoms with E-state index in [1.807, 2.05) is 0 Å². The zero-order chi connectivity index (χ0) is 21.8. The Hall–Kier alpha value is -3.10. The molecule has 0 atom stereocenters. The van der Waals surface area contributed by atoms with E-state index in [0.717, 1.165) is 4.90 Å². The second-order valence-corrected chi connectivity index (χ2v) is 6.96. The lowest BCUT2D eigenvalue weighted by atomic mass is 10.1. The Bertz CT molecular complexity index is 1030. The molecule has 1 fully saturated rings. The maximum absolute atomic E-state index is 13.8. The van der Waals surface area contributed by atoms with Crippen LogP contribution in [0.2, 0.25) is 10.0 Å². The average molecular weight is 453 g/mol. The Labute approximate surface area is 181 Å². The summed E-state index contributed by atoms with van der Waals surface area (Å²) in [6.07, 6.45) is 1.38. The Morgan fingerprint density at radius 3 is 2.50 bits per heavy atom. The highest BCUT2D eigenvalue weighted by Gasteiger charge is 2.34. The van der Waals surface area contributed by atoms with Crippen molar-refractivity contribution in [1.82, 2.24) is 10.2 Å². The van der Waals surface area contributed by atoms with Gasteiger partial charge in [0.05, 0.1) is 23.7 Å². The molecule has 0 radical (unpaired) electrons. The molecule has 0 spiro atoms. The summed E-state index contributed by atoms with van der Waals surface area (Å²) in [6.45, 7) is -0.591. The van der Waals surface area contributed by atoms with Gasteiger partial charge in [0, 0.05) is 5.56 Å². The molecule has 0 aromatic heterocycles. The number of halogens is 3. The molecule has 1 N–H and O–H groups in total. The van der Waals surface area contributed by atoms with E-state index in [9.17, 15) is 18.8 Å². The summed E-state index contributed by atoms with van der Waals surface area (Å²) < 4.78 is 23.6. The minimum absolute atomic E-state index is 0.0216. The maximum Gasteiger partial charge on any atom is 0.343 e. The van der Waals surface area contributed by atoms with Gasteiger partial charge in [-0.3, -0.25) is 9.69 Å². The van der Waals surface area contributed by atoms with Crippen molar-refractivity contribution in [2.24, 2.45) is 0 Å². The number of nitrogens with zero attached hydrogens (tertiary/aromatic N) is 1. The van der Waals surface area contributed by atoms with Gasteiger partial charge in [-0.25, -0.2) is 14.0 Å². The number of hydrogen-bond acceptors (Lipinski definition) is 5. The van der Waals surface area contributed by atoms with Crippen LogP contribution in [-0.2, 0) is 20.9 Å². The summed E-state index contributed by atoms with van der Waals surface area (Å²) >= 11 is 12.3. The molecule has 0 saturated carbocycles. The van der Waals surface area contributed by atoms with Gasteiger partial charge in [-0.2, -0.15) is 0 Å². The fourth-order valence-corrected chi connectivity index (χ4v) is 3.28. The quantitative estimate of drug-likeness (QED) is 0.409. The van der Waals surface area contributed by atoms with Gasteiger partial charge in [0.15, 0.2) is 12.4 Å². The van der Waals surface area contributed by atoms with Crippen molar-refractivity contribution >= 4 is 47.2 Å². The van der Waals surface area contributed by atoms with Crippen LogP contribution in [0.4, 0.5) is 9.18 Å². The van der Waals surface area contributed by atoms with Crippen molar-refractivity contribution in [3.8, 4) is 5.75 Å². The highest BCUT2D eigenvalue weighted by atomic mass is 35.5. The predicted octanol–water partition coefficient (Wildman–Crippen LogP) is 3.78. The first kappa shape index (κ1) is 21.6. The summed E-state index contributed by atoms with van der Waals surface area (Å²) in [5.74, 6) is -1.67. The van der Waals surface area contributed by atoms with Crippen LogP contribution >= 0.6 is 23.2 Å². The number of amides is 3. The molecule has 1 aliphatic rings. The molecule has 1 aliphatic heterocycles. The summed E-state index contributed by atoms with van der Waals surface area (Å²) in [5.41, 5.74) is 0.596. The molecule has 2 aromatic carbocycles. The second kappa shape index (κ2) is 9.15. The number of imide groups is 1. The standard InChI is InChI=1S/C20H15Cl2FN2O5/c1-29-17(26)10-30-18-13(21)6-11(7-14(18)22)8-16-19(27)25(20(28)24-16)9-12-4-2-3-5-15(12)23/h2-8H,9-10H2,1H3,(H,24,28)/b16-8+. The van der Waals surface area contributed by atoms with Crippen molar-refractivity contribution in [2.75, 3.05) is 13.7 Å². The van der Waals surface area contributed by atoms with Crippen molar-refractivity contribution in [1.29, 1.82) is 0 Å². The molecular formula is C20H15Cl2FN2O5. The lowest BCUT2D eigenvalue weighted by Crippen LogP contribution is -2.30. The van der Waals surface area contributed by atoms with Crippen LogP contribution in [0.25, 0.3) is 6.08 Å². The minimum atomic E-state index is -0.676. The monoisotopic (exact) mass is 452 g/mol. The first-order valence-electron chi connectivity index (χ1n) is 8.56.